The molecule has 1 unspecified atom stereocenters. The lowest BCUT2D eigenvalue weighted by atomic mass is 9.33. The van der Waals surface area contributed by atoms with Crippen molar-refractivity contribution in [3.05, 3.63) is 11.1 Å². The van der Waals surface area contributed by atoms with Gasteiger partial charge in [0.15, 0.2) is 5.78 Å². The highest BCUT2D eigenvalue weighted by Gasteiger charge is 2.70. The molecule has 5 aliphatic carbocycles. The summed E-state index contributed by atoms with van der Waals surface area (Å²) in [6.07, 6.45) is 8.32. The number of ketones is 1. The molecule has 206 valence electrons. The third-order valence-corrected chi connectivity index (χ3v) is 13.4. The molecular formula is C32H47ClO4. The molecule has 37 heavy (non-hydrogen) atoms. The van der Waals surface area contributed by atoms with Crippen molar-refractivity contribution >= 4 is 28.6 Å². The zero-order valence-electron chi connectivity index (χ0n) is 24.3. The quantitative estimate of drug-likeness (QED) is 0.277. The van der Waals surface area contributed by atoms with Crippen LogP contribution in [0.25, 0.3) is 0 Å². The number of hydrogen-bond acceptors (Lipinski definition) is 4. The molecule has 0 aromatic carbocycles. The molecule has 0 heterocycles. The van der Waals surface area contributed by atoms with Crippen molar-refractivity contribution < 1.29 is 19.1 Å². The van der Waals surface area contributed by atoms with E-state index in [2.05, 4.69) is 48.5 Å². The summed E-state index contributed by atoms with van der Waals surface area (Å²) >= 11 is 6.37. The molecule has 0 radical (unpaired) electrons. The Morgan fingerprint density at radius 3 is 2.16 bits per heavy atom. The summed E-state index contributed by atoms with van der Waals surface area (Å²) in [6.45, 7) is 17.9. The van der Waals surface area contributed by atoms with Gasteiger partial charge in [-0.2, -0.15) is 0 Å². The van der Waals surface area contributed by atoms with Gasteiger partial charge in [0.25, 0.3) is 0 Å². The summed E-state index contributed by atoms with van der Waals surface area (Å²) in [5.74, 6) is 1.39. The maximum atomic E-state index is 13.3. The summed E-state index contributed by atoms with van der Waals surface area (Å²) in [7, 11) is 0. The fourth-order valence-corrected chi connectivity index (χ4v) is 11.5. The van der Waals surface area contributed by atoms with Crippen LogP contribution in [-0.2, 0) is 19.1 Å². The fourth-order valence-electron chi connectivity index (χ4n) is 11.2. The number of carbonyl (C=O) groups is 3. The molecule has 5 rings (SSSR count). The van der Waals surface area contributed by atoms with Crippen LogP contribution >= 0.6 is 11.6 Å². The van der Waals surface area contributed by atoms with E-state index >= 15 is 0 Å². The first-order valence-corrected chi connectivity index (χ1v) is 15.1. The maximum Gasteiger partial charge on any atom is 0.302 e. The van der Waals surface area contributed by atoms with Crippen molar-refractivity contribution in [3.8, 4) is 0 Å². The minimum atomic E-state index is -0.781. The molecule has 0 amide bonds. The highest BCUT2D eigenvalue weighted by molar-refractivity contribution is 6.65. The Balaban J connectivity index is 1.57. The van der Waals surface area contributed by atoms with Crippen molar-refractivity contribution in [3.63, 3.8) is 0 Å². The Hall–Kier alpha value is -1.16. The van der Waals surface area contributed by atoms with Gasteiger partial charge in [0.1, 0.15) is 6.10 Å². The molecule has 0 saturated heterocycles. The Morgan fingerprint density at radius 1 is 0.892 bits per heavy atom. The second-order valence-electron chi connectivity index (χ2n) is 15.0. The maximum absolute atomic E-state index is 13.3. The molecule has 4 nitrogen and oxygen atoms in total. The predicted octanol–water partition coefficient (Wildman–Crippen LogP) is 7.66. The van der Waals surface area contributed by atoms with Crippen molar-refractivity contribution in [2.45, 2.75) is 119 Å². The minimum Gasteiger partial charge on any atom is -0.462 e. The first-order chi connectivity index (χ1) is 17.1. The van der Waals surface area contributed by atoms with E-state index < -0.39 is 5.41 Å². The van der Waals surface area contributed by atoms with Crippen LogP contribution in [0.3, 0.4) is 0 Å². The normalized spacial score (nSPS) is 46.6. The van der Waals surface area contributed by atoms with Gasteiger partial charge in [-0.3, -0.25) is 14.4 Å². The molecular weight excluding hydrogens is 484 g/mol. The van der Waals surface area contributed by atoms with Crippen LogP contribution in [0, 0.1) is 50.7 Å². The molecule has 4 saturated carbocycles. The number of fused-ring (bicyclic) bond motifs is 7. The number of halogens is 1. The van der Waals surface area contributed by atoms with Gasteiger partial charge < -0.3 is 4.74 Å². The first kappa shape index (κ1) is 27.4. The van der Waals surface area contributed by atoms with E-state index in [1.807, 2.05) is 0 Å². The first-order valence-electron chi connectivity index (χ1n) is 14.7. The lowest BCUT2D eigenvalue weighted by Crippen LogP contribution is -2.66. The predicted molar refractivity (Wildman–Crippen MR) is 146 cm³/mol. The van der Waals surface area contributed by atoms with Gasteiger partial charge in [-0.1, -0.05) is 48.5 Å². The van der Waals surface area contributed by atoms with Gasteiger partial charge in [-0.15, -0.1) is 0 Å². The van der Waals surface area contributed by atoms with E-state index in [1.54, 1.807) is 0 Å². The van der Waals surface area contributed by atoms with Gasteiger partial charge in [0, 0.05) is 18.8 Å². The number of hydrogen-bond donors (Lipinski definition) is 0. The molecule has 0 aromatic rings. The second kappa shape index (κ2) is 8.42. The number of rotatable bonds is 3. The molecule has 5 heteroatoms. The van der Waals surface area contributed by atoms with Crippen LogP contribution < -0.4 is 0 Å². The number of esters is 1. The third kappa shape index (κ3) is 3.42. The zero-order valence-corrected chi connectivity index (χ0v) is 25.0. The lowest BCUT2D eigenvalue weighted by molar-refractivity contribution is -0.232. The van der Waals surface area contributed by atoms with Gasteiger partial charge in [0.05, 0.1) is 5.41 Å². The Kier molecular flexibility index (Phi) is 6.24. The summed E-state index contributed by atoms with van der Waals surface area (Å²) < 4.78 is 5.87. The van der Waals surface area contributed by atoms with Gasteiger partial charge in [0.2, 0.25) is 5.24 Å². The Morgan fingerprint density at radius 2 is 1.57 bits per heavy atom. The fraction of sp³-hybridized carbons (Fsp3) is 0.844. The second-order valence-corrected chi connectivity index (χ2v) is 15.4. The number of Topliss-reactive ketones (excluding diaryl/α,β-unsaturated/α-hetero) is 1. The Labute approximate surface area is 228 Å². The molecule has 0 N–H and O–H groups in total. The van der Waals surface area contributed by atoms with Crippen LogP contribution in [0.2, 0.25) is 0 Å². The van der Waals surface area contributed by atoms with Crippen LogP contribution in [0.15, 0.2) is 11.1 Å². The minimum absolute atomic E-state index is 0.0207. The van der Waals surface area contributed by atoms with Crippen molar-refractivity contribution in [2.24, 2.45) is 50.7 Å². The summed E-state index contributed by atoms with van der Waals surface area (Å²) in [4.78, 5) is 38.3. The van der Waals surface area contributed by atoms with Crippen LogP contribution in [0.5, 0.6) is 0 Å². The average Bonchev–Trinajstić information content (AvgIpc) is 3.09. The molecule has 0 spiro atoms. The number of allylic oxidation sites excluding steroid dienone is 2. The average molecular weight is 531 g/mol. The van der Waals surface area contributed by atoms with Crippen molar-refractivity contribution in [1.82, 2.24) is 0 Å². The van der Waals surface area contributed by atoms with E-state index in [0.717, 1.165) is 56.1 Å². The van der Waals surface area contributed by atoms with E-state index in [-0.39, 0.29) is 63.0 Å². The largest absolute Gasteiger partial charge is 0.462 e. The molecule has 4 fully saturated rings. The van der Waals surface area contributed by atoms with Gasteiger partial charge in [-0.05, 0) is 114 Å². The van der Waals surface area contributed by atoms with Crippen molar-refractivity contribution in [2.75, 3.05) is 0 Å². The van der Waals surface area contributed by atoms with Gasteiger partial charge in [-0.25, -0.2) is 0 Å². The Bertz CT molecular complexity index is 1070. The van der Waals surface area contributed by atoms with Gasteiger partial charge >= 0.3 is 5.97 Å². The van der Waals surface area contributed by atoms with E-state index in [0.29, 0.717) is 18.3 Å². The van der Waals surface area contributed by atoms with Crippen LogP contribution in [-0.4, -0.2) is 23.1 Å². The smallest absolute Gasteiger partial charge is 0.302 e. The van der Waals surface area contributed by atoms with Crippen molar-refractivity contribution in [1.29, 1.82) is 0 Å². The molecule has 0 aliphatic heterocycles. The summed E-state index contributed by atoms with van der Waals surface area (Å²) in [5.41, 5.74) is 1.53. The van der Waals surface area contributed by atoms with E-state index in [4.69, 9.17) is 16.3 Å². The highest BCUT2D eigenvalue weighted by atomic mass is 35.5. The van der Waals surface area contributed by atoms with Crippen LogP contribution in [0.1, 0.15) is 113 Å². The van der Waals surface area contributed by atoms with E-state index in [1.165, 1.54) is 6.92 Å². The monoisotopic (exact) mass is 530 g/mol. The SMILES string of the molecule is CC(=O)OC1CC[C@]2(C)[C@H]3CC[C@@H]4C5=C(C(C)C)C(=O)C[C@]5(C(=O)Cl)CC[C@@]4(C)[C@]3(C)CC[C@H]2C1(C)C. The lowest BCUT2D eigenvalue weighted by Gasteiger charge is -2.72. The summed E-state index contributed by atoms with van der Waals surface area (Å²) in [5, 5.41) is -0.318. The number of carbonyl (C=O) groups excluding carboxylic acids is 3. The molecule has 5 aliphatic rings. The molecule has 0 aromatic heterocycles. The molecule has 8 atom stereocenters. The zero-order chi connectivity index (χ0) is 27.3. The summed E-state index contributed by atoms with van der Waals surface area (Å²) in [6, 6.07) is 0. The molecule has 0 bridgehead atoms. The number of ether oxygens (including phenoxy) is 1. The van der Waals surface area contributed by atoms with E-state index in [9.17, 15) is 14.4 Å². The van der Waals surface area contributed by atoms with Crippen LogP contribution in [0.4, 0.5) is 0 Å². The topological polar surface area (TPSA) is 60.4 Å². The standard InChI is InChI=1S/C32H47ClO4/c1-18(2)25-21(35)17-32(27(33)36)16-15-30(7)20(26(25)32)9-10-23-29(6)13-12-24(37-19(3)34)28(4,5)22(29)11-14-31(23,30)8/h18,20,22-24H,9-17H2,1-8H3/t20-,22+,23-,24?,29+,30-,31-,32-/m1/s1. The highest BCUT2D eigenvalue weighted by Crippen LogP contribution is 2.76. The third-order valence-electron chi connectivity index (χ3n) is 13.1.